The van der Waals surface area contributed by atoms with E-state index in [1.165, 1.54) is 17.2 Å². The van der Waals surface area contributed by atoms with Crippen molar-refractivity contribution in [2.24, 2.45) is 21.2 Å². The highest BCUT2D eigenvalue weighted by Gasteiger charge is 2.37. The average Bonchev–Trinajstić information content (AvgIpc) is 2.72. The number of hydrogen-bond acceptors (Lipinski definition) is 5. The van der Waals surface area contributed by atoms with Gasteiger partial charge in [-0.05, 0) is 57.6 Å². The summed E-state index contributed by atoms with van der Waals surface area (Å²) in [5.74, 6) is 0.484. The molecule has 0 aromatic carbocycles. The smallest absolute Gasteiger partial charge is 0.267 e. The lowest BCUT2D eigenvalue weighted by Gasteiger charge is -2.41. The Balaban J connectivity index is 2.30. The maximum atomic E-state index is 12.5. The van der Waals surface area contributed by atoms with Gasteiger partial charge >= 0.3 is 0 Å². The molecule has 0 radical (unpaired) electrons. The second-order valence-corrected chi connectivity index (χ2v) is 7.85. The van der Waals surface area contributed by atoms with E-state index in [1.54, 1.807) is 17.8 Å². The Morgan fingerprint density at radius 1 is 1.41 bits per heavy atom. The van der Waals surface area contributed by atoms with Crippen LogP contribution < -0.4 is 16.7 Å². The Morgan fingerprint density at radius 3 is 2.62 bits per heavy atom. The van der Waals surface area contributed by atoms with E-state index in [0.717, 1.165) is 32.1 Å². The number of hydrogen-bond donors (Lipinski definition) is 2. The third kappa shape index (κ3) is 5.29. The molecule has 1 aliphatic rings. The van der Waals surface area contributed by atoms with Crippen molar-refractivity contribution in [1.82, 2.24) is 15.2 Å². The predicted molar refractivity (Wildman–Crippen MR) is 120 cm³/mol. The predicted octanol–water partition coefficient (Wildman–Crippen LogP) is 3.19. The van der Waals surface area contributed by atoms with Crippen LogP contribution in [0.5, 0.6) is 0 Å². The van der Waals surface area contributed by atoms with Crippen molar-refractivity contribution in [2.75, 3.05) is 13.6 Å². The third-order valence-corrected chi connectivity index (χ3v) is 5.61. The quantitative estimate of drug-likeness (QED) is 0.319. The molecule has 7 heteroatoms. The molecule has 1 fully saturated rings. The number of nitrogens with one attached hydrogen (secondary N) is 1. The van der Waals surface area contributed by atoms with Crippen LogP contribution in [0.2, 0.25) is 0 Å². The summed E-state index contributed by atoms with van der Waals surface area (Å²) in [6.07, 6.45) is 9.13. The Labute approximate surface area is 173 Å². The summed E-state index contributed by atoms with van der Waals surface area (Å²) in [5, 5.41) is 8.21. The number of nitrogens with zero attached hydrogens (tertiary/aromatic N) is 4. The van der Waals surface area contributed by atoms with E-state index in [1.807, 2.05) is 0 Å². The zero-order chi connectivity index (χ0) is 21.4. The Bertz CT molecular complexity index is 852. The number of allylic oxidation sites excluding steroid dienone is 3. The lowest BCUT2D eigenvalue weighted by atomic mass is 9.67. The number of rotatable bonds is 7. The Hall–Kier alpha value is -2.54. The molecule has 1 heterocycles. The Morgan fingerprint density at radius 2 is 2.10 bits per heavy atom. The first kappa shape index (κ1) is 22.7. The van der Waals surface area contributed by atoms with Crippen LogP contribution in [-0.4, -0.2) is 35.9 Å². The van der Waals surface area contributed by atoms with Gasteiger partial charge in [-0.2, -0.15) is 10.2 Å². The molecule has 7 nitrogen and oxygen atoms in total. The molecular formula is C22H34N6O. The largest absolute Gasteiger partial charge is 0.330 e. The number of aliphatic imine (C=N–C) groups is 1. The molecule has 0 atom stereocenters. The van der Waals surface area contributed by atoms with Crippen molar-refractivity contribution >= 4 is 12.6 Å². The molecule has 1 aromatic heterocycles. The lowest BCUT2D eigenvalue weighted by molar-refractivity contribution is 0.189. The number of amidine groups is 1. The zero-order valence-corrected chi connectivity index (χ0v) is 18.1. The fourth-order valence-corrected chi connectivity index (χ4v) is 4.08. The van der Waals surface area contributed by atoms with Gasteiger partial charge < -0.3 is 5.73 Å². The molecule has 0 amide bonds. The molecule has 0 saturated heterocycles. The minimum Gasteiger partial charge on any atom is -0.330 e. The zero-order valence-electron chi connectivity index (χ0n) is 18.1. The van der Waals surface area contributed by atoms with Crippen molar-refractivity contribution in [3.8, 4) is 0 Å². The molecular weight excluding hydrogens is 364 g/mol. The van der Waals surface area contributed by atoms with E-state index in [0.29, 0.717) is 18.1 Å². The van der Waals surface area contributed by atoms with Crippen LogP contribution in [0.1, 0.15) is 64.6 Å². The number of nitrogens with two attached hydrogens (primary N) is 1. The summed E-state index contributed by atoms with van der Waals surface area (Å²) in [4.78, 5) is 16.6. The van der Waals surface area contributed by atoms with Gasteiger partial charge in [0, 0.05) is 31.8 Å². The maximum absolute atomic E-state index is 12.5. The van der Waals surface area contributed by atoms with Crippen molar-refractivity contribution in [3.05, 3.63) is 51.5 Å². The van der Waals surface area contributed by atoms with Crippen LogP contribution in [0.3, 0.4) is 0 Å². The maximum Gasteiger partial charge on any atom is 0.267 e. The van der Waals surface area contributed by atoms with Crippen LogP contribution in [-0.2, 0) is 0 Å². The highest BCUT2D eigenvalue weighted by molar-refractivity contribution is 5.96. The van der Waals surface area contributed by atoms with Crippen molar-refractivity contribution in [3.63, 3.8) is 0 Å². The summed E-state index contributed by atoms with van der Waals surface area (Å²) >= 11 is 0. The first-order valence-electron chi connectivity index (χ1n) is 10.2. The van der Waals surface area contributed by atoms with E-state index in [4.69, 9.17) is 5.73 Å². The molecule has 3 N–H and O–H groups in total. The van der Waals surface area contributed by atoms with Crippen molar-refractivity contribution in [2.45, 2.75) is 58.9 Å². The van der Waals surface area contributed by atoms with E-state index in [2.05, 4.69) is 60.3 Å². The summed E-state index contributed by atoms with van der Waals surface area (Å²) in [7, 11) is 1.64. The van der Waals surface area contributed by atoms with Crippen LogP contribution >= 0.6 is 0 Å². The summed E-state index contributed by atoms with van der Waals surface area (Å²) < 4.78 is 1.59. The molecule has 0 unspecified atom stereocenters. The second-order valence-electron chi connectivity index (χ2n) is 7.85. The molecule has 158 valence electrons. The van der Waals surface area contributed by atoms with E-state index >= 15 is 0 Å². The van der Waals surface area contributed by atoms with Crippen molar-refractivity contribution in [1.29, 1.82) is 0 Å². The highest BCUT2D eigenvalue weighted by atomic mass is 16.1. The second kappa shape index (κ2) is 10.3. The van der Waals surface area contributed by atoms with Gasteiger partial charge in [-0.3, -0.25) is 15.2 Å². The summed E-state index contributed by atoms with van der Waals surface area (Å²) in [5.41, 5.74) is 12.1. The molecule has 1 aromatic rings. The van der Waals surface area contributed by atoms with Gasteiger partial charge in [-0.1, -0.05) is 24.6 Å². The fraction of sp³-hybridized carbons (Fsp3) is 0.545. The summed E-state index contributed by atoms with van der Waals surface area (Å²) in [6, 6.07) is 3.24. The third-order valence-electron chi connectivity index (χ3n) is 5.61. The van der Waals surface area contributed by atoms with Gasteiger partial charge in [0.25, 0.3) is 5.56 Å². The minimum absolute atomic E-state index is 0.0324. The van der Waals surface area contributed by atoms with Gasteiger partial charge in [0.2, 0.25) is 0 Å². The fourth-order valence-electron chi connectivity index (χ4n) is 4.08. The highest BCUT2D eigenvalue weighted by Crippen LogP contribution is 2.45. The topological polar surface area (TPSA) is 97.7 Å². The molecule has 1 saturated carbocycles. The molecule has 1 aliphatic carbocycles. The van der Waals surface area contributed by atoms with E-state index in [-0.39, 0.29) is 17.0 Å². The lowest BCUT2D eigenvalue weighted by Crippen LogP contribution is -2.39. The molecule has 29 heavy (non-hydrogen) atoms. The number of aromatic nitrogens is 2. The van der Waals surface area contributed by atoms with Gasteiger partial charge in [0.15, 0.2) is 5.84 Å². The van der Waals surface area contributed by atoms with Crippen LogP contribution in [0.25, 0.3) is 0 Å². The average molecular weight is 399 g/mol. The van der Waals surface area contributed by atoms with Gasteiger partial charge in [-0.25, -0.2) is 4.68 Å². The minimum atomic E-state index is -0.102. The van der Waals surface area contributed by atoms with Crippen molar-refractivity contribution < 1.29 is 0 Å². The monoisotopic (exact) mass is 398 g/mol. The summed E-state index contributed by atoms with van der Waals surface area (Å²) in [6.45, 7) is 10.4. The van der Waals surface area contributed by atoms with E-state index in [9.17, 15) is 4.79 Å². The van der Waals surface area contributed by atoms with E-state index < -0.39 is 0 Å². The first-order valence-corrected chi connectivity index (χ1v) is 10.2. The van der Waals surface area contributed by atoms with Gasteiger partial charge in [0.05, 0.1) is 6.04 Å². The SMILES string of the molecule is C=NNC(=NC)c1ccc(=O)n(C2CCC(CN)(/C(C=C(C)C)=C/CC)CC2)n1. The van der Waals surface area contributed by atoms with Gasteiger partial charge in [0.1, 0.15) is 5.69 Å². The van der Waals surface area contributed by atoms with Crippen LogP contribution in [0.4, 0.5) is 0 Å². The molecule has 0 spiro atoms. The molecule has 2 rings (SSSR count). The number of hydrazone groups is 1. The first-order chi connectivity index (χ1) is 13.9. The standard InChI is InChI=1S/C22H34N6O/c1-6-7-17(14-16(2)3)22(15-23)12-10-18(11-13-22)28-20(29)9-8-19(27-28)21(24-4)26-25-5/h7-9,14,18H,5-6,10-13,15,23H2,1-4H3,(H,24,26)/b17-7+. The molecule has 0 bridgehead atoms. The molecule has 0 aliphatic heterocycles. The van der Waals surface area contributed by atoms with Gasteiger partial charge in [-0.15, -0.1) is 0 Å². The Kier molecular flexibility index (Phi) is 8.08. The van der Waals surface area contributed by atoms with Crippen LogP contribution in [0, 0.1) is 5.41 Å². The van der Waals surface area contributed by atoms with Crippen LogP contribution in [0.15, 0.2) is 50.3 Å². The normalized spacial score (nSPS) is 22.9.